The fourth-order valence-corrected chi connectivity index (χ4v) is 3.45. The lowest BCUT2D eigenvalue weighted by Gasteiger charge is -2.24. The average molecular weight is 322 g/mol. The Balaban J connectivity index is 1.98. The minimum Gasteiger partial charge on any atom is -0.311 e. The third-order valence-electron chi connectivity index (χ3n) is 4.51. The number of nitrogens with zero attached hydrogens (tertiary/aromatic N) is 2. The molecule has 1 aliphatic rings. The zero-order valence-corrected chi connectivity index (χ0v) is 13.5. The Kier molecular flexibility index (Phi) is 3.26. The summed E-state index contributed by atoms with van der Waals surface area (Å²) in [6, 6.07) is 9.80. The van der Waals surface area contributed by atoms with Gasteiger partial charge in [-0.1, -0.05) is 24.3 Å². The molecule has 1 amide bonds. The van der Waals surface area contributed by atoms with Crippen LogP contribution in [-0.4, -0.2) is 20.7 Å². The van der Waals surface area contributed by atoms with Crippen molar-refractivity contribution in [1.29, 1.82) is 0 Å². The number of para-hydroxylation sites is 1. The molecule has 1 aromatic carbocycles. The first kappa shape index (κ1) is 14.7. The Morgan fingerprint density at radius 2 is 2.00 bits per heavy atom. The lowest BCUT2D eigenvalue weighted by molar-refractivity contribution is -0.116. The van der Waals surface area contributed by atoms with Gasteiger partial charge in [-0.05, 0) is 25.5 Å². The Hall–Kier alpha value is -2.89. The SMILES string of the molecule is CC(C)n1[nH]c(=O)c2c1NC(=O)C[C@H]2c1cccc2cccnc12. The number of fused-ring (bicyclic) bond motifs is 2. The average Bonchev–Trinajstić information content (AvgIpc) is 2.90. The molecule has 0 saturated heterocycles. The van der Waals surface area contributed by atoms with Gasteiger partial charge in [0.15, 0.2) is 0 Å². The highest BCUT2D eigenvalue weighted by molar-refractivity contribution is 5.95. The summed E-state index contributed by atoms with van der Waals surface area (Å²) < 4.78 is 1.72. The van der Waals surface area contributed by atoms with Crippen molar-refractivity contribution in [3.63, 3.8) is 0 Å². The number of H-pyrrole nitrogens is 1. The predicted octanol–water partition coefficient (Wildman–Crippen LogP) is 2.78. The first-order chi connectivity index (χ1) is 11.6. The molecule has 0 saturated carbocycles. The molecule has 4 rings (SSSR count). The van der Waals surface area contributed by atoms with Crippen LogP contribution in [0, 0.1) is 0 Å². The lowest BCUT2D eigenvalue weighted by atomic mass is 9.86. The number of hydrogen-bond donors (Lipinski definition) is 2. The number of aromatic nitrogens is 3. The van der Waals surface area contributed by atoms with E-state index in [0.29, 0.717) is 11.4 Å². The highest BCUT2D eigenvalue weighted by Crippen LogP contribution is 2.38. The molecule has 122 valence electrons. The van der Waals surface area contributed by atoms with Crippen LogP contribution in [0.15, 0.2) is 41.3 Å². The van der Waals surface area contributed by atoms with E-state index in [1.165, 1.54) is 0 Å². The summed E-state index contributed by atoms with van der Waals surface area (Å²) >= 11 is 0. The molecule has 0 radical (unpaired) electrons. The number of carbonyl (C=O) groups excluding carboxylic acids is 1. The molecule has 0 spiro atoms. The lowest BCUT2D eigenvalue weighted by Crippen LogP contribution is -2.27. The summed E-state index contributed by atoms with van der Waals surface area (Å²) in [5.74, 6) is 0.189. The summed E-state index contributed by atoms with van der Waals surface area (Å²) in [6.45, 7) is 3.93. The molecule has 3 heterocycles. The van der Waals surface area contributed by atoms with Crippen LogP contribution in [0.25, 0.3) is 10.9 Å². The second-order valence-electron chi connectivity index (χ2n) is 6.39. The summed E-state index contributed by atoms with van der Waals surface area (Å²) in [6.07, 6.45) is 1.98. The Labute approximate surface area is 138 Å². The second-order valence-corrected chi connectivity index (χ2v) is 6.39. The quantitative estimate of drug-likeness (QED) is 0.761. The molecule has 0 unspecified atom stereocenters. The number of benzene rings is 1. The summed E-state index contributed by atoms with van der Waals surface area (Å²) in [5, 5.41) is 6.70. The fraction of sp³-hybridized carbons (Fsp3) is 0.278. The number of hydrogen-bond acceptors (Lipinski definition) is 3. The highest BCUT2D eigenvalue weighted by atomic mass is 16.2. The van der Waals surface area contributed by atoms with Gasteiger partial charge in [-0.3, -0.25) is 24.4 Å². The summed E-state index contributed by atoms with van der Waals surface area (Å²) in [5.41, 5.74) is 2.21. The molecular formula is C18H18N4O2. The molecule has 0 aliphatic carbocycles. The van der Waals surface area contributed by atoms with E-state index in [1.807, 2.05) is 44.2 Å². The van der Waals surface area contributed by atoms with Crippen molar-refractivity contribution in [1.82, 2.24) is 14.8 Å². The molecule has 2 N–H and O–H groups in total. The number of nitrogens with one attached hydrogen (secondary N) is 2. The van der Waals surface area contributed by atoms with Crippen LogP contribution >= 0.6 is 0 Å². The van der Waals surface area contributed by atoms with Crippen molar-refractivity contribution in [2.24, 2.45) is 0 Å². The van der Waals surface area contributed by atoms with Gasteiger partial charge in [0.05, 0.1) is 11.1 Å². The molecule has 2 aromatic heterocycles. The van der Waals surface area contributed by atoms with Crippen molar-refractivity contribution in [3.05, 3.63) is 58.0 Å². The van der Waals surface area contributed by atoms with E-state index in [1.54, 1.807) is 10.9 Å². The Morgan fingerprint density at radius 1 is 1.21 bits per heavy atom. The minimum absolute atomic E-state index is 0.0474. The van der Waals surface area contributed by atoms with E-state index in [4.69, 9.17) is 0 Å². The number of amides is 1. The van der Waals surface area contributed by atoms with Gasteiger partial charge < -0.3 is 5.32 Å². The van der Waals surface area contributed by atoms with Crippen LogP contribution in [0.4, 0.5) is 5.82 Å². The van der Waals surface area contributed by atoms with Crippen molar-refractivity contribution in [2.45, 2.75) is 32.2 Å². The van der Waals surface area contributed by atoms with Crippen molar-refractivity contribution >= 4 is 22.6 Å². The normalized spacial score (nSPS) is 17.1. The first-order valence-electron chi connectivity index (χ1n) is 8.04. The molecule has 6 nitrogen and oxygen atoms in total. The fourth-order valence-electron chi connectivity index (χ4n) is 3.45. The van der Waals surface area contributed by atoms with E-state index in [0.717, 1.165) is 16.5 Å². The van der Waals surface area contributed by atoms with Crippen molar-refractivity contribution in [2.75, 3.05) is 5.32 Å². The van der Waals surface area contributed by atoms with E-state index >= 15 is 0 Å². The topological polar surface area (TPSA) is 79.8 Å². The monoisotopic (exact) mass is 322 g/mol. The maximum atomic E-state index is 12.6. The zero-order valence-electron chi connectivity index (χ0n) is 13.5. The number of pyridine rings is 1. The minimum atomic E-state index is -0.295. The highest BCUT2D eigenvalue weighted by Gasteiger charge is 2.33. The van der Waals surface area contributed by atoms with E-state index in [-0.39, 0.29) is 29.8 Å². The van der Waals surface area contributed by atoms with Gasteiger partial charge in [0.2, 0.25) is 5.91 Å². The van der Waals surface area contributed by atoms with Gasteiger partial charge in [-0.2, -0.15) is 0 Å². The van der Waals surface area contributed by atoms with Gasteiger partial charge in [0.1, 0.15) is 5.82 Å². The molecule has 0 fully saturated rings. The van der Waals surface area contributed by atoms with Crippen LogP contribution in [0.3, 0.4) is 0 Å². The molecular weight excluding hydrogens is 304 g/mol. The molecule has 24 heavy (non-hydrogen) atoms. The molecule has 1 aliphatic heterocycles. The predicted molar refractivity (Wildman–Crippen MR) is 92.3 cm³/mol. The van der Waals surface area contributed by atoms with Gasteiger partial charge in [-0.15, -0.1) is 0 Å². The maximum Gasteiger partial charge on any atom is 0.270 e. The third-order valence-corrected chi connectivity index (χ3v) is 4.51. The standard InChI is InChI=1S/C18H18N4O2/c1-10(2)22-17-15(18(24)21-22)13(9-14(23)20-17)12-7-3-5-11-6-4-8-19-16(11)12/h3-8,10,13H,9H2,1-2H3,(H,20,23)(H,21,24)/t13-/m0/s1. The second kappa shape index (κ2) is 5.33. The van der Waals surface area contributed by atoms with Crippen molar-refractivity contribution < 1.29 is 4.79 Å². The number of anilines is 1. The van der Waals surface area contributed by atoms with E-state index < -0.39 is 0 Å². The molecule has 1 atom stereocenters. The smallest absolute Gasteiger partial charge is 0.270 e. The Morgan fingerprint density at radius 3 is 2.79 bits per heavy atom. The Bertz CT molecular complexity index is 994. The number of aromatic amines is 1. The van der Waals surface area contributed by atoms with Crippen LogP contribution in [0.5, 0.6) is 0 Å². The van der Waals surface area contributed by atoms with Gasteiger partial charge >= 0.3 is 0 Å². The summed E-state index contributed by atoms with van der Waals surface area (Å²) in [4.78, 5) is 29.3. The molecule has 6 heteroatoms. The van der Waals surface area contributed by atoms with Gasteiger partial charge in [0.25, 0.3) is 5.56 Å². The van der Waals surface area contributed by atoms with Crippen LogP contribution < -0.4 is 10.9 Å². The van der Waals surface area contributed by atoms with E-state index in [9.17, 15) is 9.59 Å². The third kappa shape index (κ3) is 2.14. The van der Waals surface area contributed by atoms with E-state index in [2.05, 4.69) is 15.4 Å². The largest absolute Gasteiger partial charge is 0.311 e. The van der Waals surface area contributed by atoms with Gasteiger partial charge in [-0.25, -0.2) is 0 Å². The molecule has 0 bridgehead atoms. The van der Waals surface area contributed by atoms with Gasteiger partial charge in [0, 0.05) is 30.0 Å². The molecule has 3 aromatic rings. The van der Waals surface area contributed by atoms with Crippen LogP contribution in [0.1, 0.15) is 43.4 Å². The maximum absolute atomic E-state index is 12.6. The number of rotatable bonds is 2. The van der Waals surface area contributed by atoms with Crippen LogP contribution in [-0.2, 0) is 4.79 Å². The first-order valence-corrected chi connectivity index (χ1v) is 8.04. The van der Waals surface area contributed by atoms with Crippen LogP contribution in [0.2, 0.25) is 0 Å². The number of carbonyl (C=O) groups is 1. The summed E-state index contributed by atoms with van der Waals surface area (Å²) in [7, 11) is 0. The zero-order chi connectivity index (χ0) is 16.8. The van der Waals surface area contributed by atoms with Crippen molar-refractivity contribution in [3.8, 4) is 0 Å².